The van der Waals surface area contributed by atoms with Crippen molar-refractivity contribution in [2.45, 2.75) is 37.7 Å². The van der Waals surface area contributed by atoms with Crippen LogP contribution >= 0.6 is 23.4 Å². The Morgan fingerprint density at radius 1 is 1.39 bits per heavy atom. The first kappa shape index (κ1) is 17.8. The van der Waals surface area contributed by atoms with Crippen LogP contribution in [0, 0.1) is 5.92 Å². The number of ether oxygens (including phenoxy) is 1. The Balaban J connectivity index is 2.59. The lowest BCUT2D eigenvalue weighted by Gasteiger charge is -2.16. The molecule has 0 N–H and O–H groups in total. The van der Waals surface area contributed by atoms with Crippen LogP contribution in [-0.4, -0.2) is 27.9 Å². The summed E-state index contributed by atoms with van der Waals surface area (Å²) in [5.41, 5.74) is 0.421. The van der Waals surface area contributed by atoms with Crippen LogP contribution in [0.15, 0.2) is 28.2 Å². The number of methoxy groups -OCH3 is 1. The number of hydrogen-bond donors (Lipinski definition) is 0. The molecule has 1 heterocycles. The molecule has 0 aliphatic rings. The zero-order valence-electron chi connectivity index (χ0n) is 13.5. The number of carbonyl (C=O) groups is 1. The van der Waals surface area contributed by atoms with Crippen LogP contribution in [0.3, 0.4) is 0 Å². The van der Waals surface area contributed by atoms with Gasteiger partial charge >= 0.3 is 5.97 Å². The first-order chi connectivity index (χ1) is 10.8. The highest BCUT2D eigenvalue weighted by atomic mass is 35.5. The van der Waals surface area contributed by atoms with Gasteiger partial charge < -0.3 is 4.74 Å². The Kier molecular flexibility index (Phi) is 5.70. The fraction of sp³-hybridized carbons (Fsp3) is 0.438. The van der Waals surface area contributed by atoms with E-state index in [1.54, 1.807) is 29.7 Å². The predicted molar refractivity (Wildman–Crippen MR) is 93.2 cm³/mol. The van der Waals surface area contributed by atoms with Gasteiger partial charge in [0.2, 0.25) is 0 Å². The van der Waals surface area contributed by atoms with Crippen molar-refractivity contribution in [2.75, 3.05) is 7.11 Å². The molecule has 0 saturated heterocycles. The second-order valence-corrected chi connectivity index (χ2v) is 7.39. The van der Waals surface area contributed by atoms with Crippen LogP contribution in [0.1, 0.15) is 20.8 Å². The minimum absolute atomic E-state index is 0.147. The Bertz CT molecular complexity index is 789. The van der Waals surface area contributed by atoms with Crippen molar-refractivity contribution < 1.29 is 9.53 Å². The largest absolute Gasteiger partial charge is 0.468 e. The quantitative estimate of drug-likeness (QED) is 0.468. The number of carbonyl (C=O) groups excluding carboxylic acids is 1. The van der Waals surface area contributed by atoms with Crippen molar-refractivity contribution in [2.24, 2.45) is 5.92 Å². The average molecular weight is 355 g/mol. The van der Waals surface area contributed by atoms with E-state index >= 15 is 0 Å². The third-order valence-electron chi connectivity index (χ3n) is 3.24. The molecule has 0 fully saturated rings. The lowest BCUT2D eigenvalue weighted by Crippen LogP contribution is -2.27. The second-order valence-electron chi connectivity index (χ2n) is 5.65. The molecule has 1 unspecified atom stereocenters. The van der Waals surface area contributed by atoms with E-state index < -0.39 is 5.25 Å². The Morgan fingerprint density at radius 3 is 2.70 bits per heavy atom. The van der Waals surface area contributed by atoms with Crippen LogP contribution in [0.4, 0.5) is 0 Å². The summed E-state index contributed by atoms with van der Waals surface area (Å²) >= 11 is 7.21. The summed E-state index contributed by atoms with van der Waals surface area (Å²) in [6, 6.07) is 5.04. The van der Waals surface area contributed by atoms with Gasteiger partial charge in [0.15, 0.2) is 5.16 Å². The van der Waals surface area contributed by atoms with E-state index in [9.17, 15) is 9.59 Å². The number of rotatable bonds is 5. The fourth-order valence-corrected chi connectivity index (χ4v) is 3.28. The maximum Gasteiger partial charge on any atom is 0.318 e. The first-order valence-corrected chi connectivity index (χ1v) is 8.53. The number of nitrogens with zero attached hydrogens (tertiary/aromatic N) is 2. The highest BCUT2D eigenvalue weighted by Gasteiger charge is 2.20. The fourth-order valence-electron chi connectivity index (χ4n) is 2.16. The Morgan fingerprint density at radius 2 is 2.09 bits per heavy atom. The van der Waals surface area contributed by atoms with Gasteiger partial charge in [-0.15, -0.1) is 0 Å². The molecule has 0 aliphatic carbocycles. The minimum Gasteiger partial charge on any atom is -0.468 e. The Hall–Kier alpha value is -1.53. The van der Waals surface area contributed by atoms with Crippen LogP contribution in [0.5, 0.6) is 0 Å². The van der Waals surface area contributed by atoms with E-state index in [2.05, 4.69) is 4.98 Å². The van der Waals surface area contributed by atoms with E-state index in [-0.39, 0.29) is 17.4 Å². The lowest BCUT2D eigenvalue weighted by atomic mass is 10.2. The number of aromatic nitrogens is 2. The Labute approximate surface area is 144 Å². The highest BCUT2D eigenvalue weighted by Crippen LogP contribution is 2.24. The molecule has 1 aromatic carbocycles. The summed E-state index contributed by atoms with van der Waals surface area (Å²) in [7, 11) is 1.34. The van der Waals surface area contributed by atoms with Gasteiger partial charge in [0.25, 0.3) is 5.56 Å². The molecule has 2 rings (SSSR count). The van der Waals surface area contributed by atoms with Crippen LogP contribution in [-0.2, 0) is 16.1 Å². The molecule has 124 valence electrons. The van der Waals surface area contributed by atoms with Crippen molar-refractivity contribution in [3.8, 4) is 0 Å². The molecule has 5 nitrogen and oxygen atoms in total. The van der Waals surface area contributed by atoms with Crippen molar-refractivity contribution in [1.29, 1.82) is 0 Å². The molecular weight excluding hydrogens is 336 g/mol. The summed E-state index contributed by atoms with van der Waals surface area (Å²) in [6.07, 6.45) is 0. The van der Waals surface area contributed by atoms with Crippen molar-refractivity contribution in [3.63, 3.8) is 0 Å². The summed E-state index contributed by atoms with van der Waals surface area (Å²) in [6.45, 7) is 6.29. The van der Waals surface area contributed by atoms with Gasteiger partial charge in [-0.25, -0.2) is 4.98 Å². The van der Waals surface area contributed by atoms with E-state index in [0.717, 1.165) is 0 Å². The molecule has 0 amide bonds. The van der Waals surface area contributed by atoms with Crippen molar-refractivity contribution >= 4 is 40.2 Å². The third kappa shape index (κ3) is 4.06. The monoisotopic (exact) mass is 354 g/mol. The van der Waals surface area contributed by atoms with E-state index in [4.69, 9.17) is 16.3 Å². The first-order valence-electron chi connectivity index (χ1n) is 7.28. The molecule has 0 spiro atoms. The highest BCUT2D eigenvalue weighted by molar-refractivity contribution is 8.00. The molecule has 23 heavy (non-hydrogen) atoms. The molecule has 0 saturated carbocycles. The smallest absolute Gasteiger partial charge is 0.318 e. The van der Waals surface area contributed by atoms with E-state index in [0.29, 0.717) is 27.6 Å². The summed E-state index contributed by atoms with van der Waals surface area (Å²) < 4.78 is 6.35. The number of fused-ring (bicyclic) bond motifs is 1. The molecule has 0 bridgehead atoms. The van der Waals surface area contributed by atoms with Crippen molar-refractivity contribution in [3.05, 3.63) is 33.6 Å². The second kappa shape index (κ2) is 7.36. The number of thioether (sulfide) groups is 1. The van der Waals surface area contributed by atoms with Gasteiger partial charge in [-0.05, 0) is 31.0 Å². The number of hydrogen-bond acceptors (Lipinski definition) is 5. The van der Waals surface area contributed by atoms with Crippen LogP contribution in [0.2, 0.25) is 5.02 Å². The normalized spacial score (nSPS) is 12.6. The molecular formula is C16H19ClN2O3S. The van der Waals surface area contributed by atoms with Crippen LogP contribution < -0.4 is 5.56 Å². The molecule has 1 atom stereocenters. The van der Waals surface area contributed by atoms with Crippen LogP contribution in [0.25, 0.3) is 10.9 Å². The van der Waals surface area contributed by atoms with Gasteiger partial charge in [-0.2, -0.15) is 0 Å². The predicted octanol–water partition coefficient (Wildman–Crippen LogP) is 3.36. The minimum atomic E-state index is -0.449. The molecule has 2 aromatic rings. The van der Waals surface area contributed by atoms with Gasteiger partial charge in [-0.3, -0.25) is 14.2 Å². The third-order valence-corrected chi connectivity index (χ3v) is 4.55. The van der Waals surface area contributed by atoms with Gasteiger partial charge in [0, 0.05) is 11.6 Å². The molecule has 7 heteroatoms. The molecule has 0 aliphatic heterocycles. The standard InChI is InChI=1S/C16H19ClN2O3S/c1-9(2)8-19-14(20)12-7-11(17)5-6-13(12)18-16(19)23-10(3)15(21)22-4/h5-7,9-10H,8H2,1-4H3. The average Bonchev–Trinajstić information content (AvgIpc) is 2.50. The summed E-state index contributed by atoms with van der Waals surface area (Å²) in [4.78, 5) is 29.0. The molecule has 0 radical (unpaired) electrons. The van der Waals surface area contributed by atoms with Gasteiger partial charge in [0.05, 0.1) is 18.0 Å². The number of esters is 1. The van der Waals surface area contributed by atoms with Gasteiger partial charge in [0.1, 0.15) is 5.25 Å². The van der Waals surface area contributed by atoms with Gasteiger partial charge in [-0.1, -0.05) is 37.2 Å². The number of halogens is 1. The zero-order valence-corrected chi connectivity index (χ0v) is 15.1. The van der Waals surface area contributed by atoms with Crippen molar-refractivity contribution in [1.82, 2.24) is 9.55 Å². The maximum atomic E-state index is 12.8. The maximum absolute atomic E-state index is 12.8. The number of benzene rings is 1. The summed E-state index contributed by atoms with van der Waals surface area (Å²) in [5.74, 6) is -0.0875. The summed E-state index contributed by atoms with van der Waals surface area (Å²) in [5, 5.41) is 1.04. The van der Waals surface area contributed by atoms with E-state index in [1.165, 1.54) is 18.9 Å². The van der Waals surface area contributed by atoms with E-state index in [1.807, 2.05) is 13.8 Å². The SMILES string of the molecule is COC(=O)C(C)Sc1nc2ccc(Cl)cc2c(=O)n1CC(C)C. The lowest BCUT2D eigenvalue weighted by molar-refractivity contribution is -0.139. The topological polar surface area (TPSA) is 61.2 Å². The zero-order chi connectivity index (χ0) is 17.1. The molecule has 1 aromatic heterocycles.